The molecule has 2 aromatic carbocycles. The lowest BCUT2D eigenvalue weighted by Gasteiger charge is -2.12. The van der Waals surface area contributed by atoms with E-state index in [1.807, 2.05) is 65.6 Å². The fraction of sp³-hybridized carbons (Fsp3) is 0.250. The molecule has 3 heteroatoms. The summed E-state index contributed by atoms with van der Waals surface area (Å²) in [6.07, 6.45) is 3.80. The van der Waals surface area contributed by atoms with Crippen LogP contribution in [0.2, 0.25) is 0 Å². The number of hydrogen-bond donors (Lipinski definition) is 0. The van der Waals surface area contributed by atoms with Crippen molar-refractivity contribution in [3.05, 3.63) is 65.7 Å². The first-order valence-corrected chi connectivity index (χ1v) is 8.09. The molecule has 118 valence electrons. The molecule has 0 saturated carbocycles. The van der Waals surface area contributed by atoms with Crippen molar-refractivity contribution in [1.29, 1.82) is 0 Å². The SMILES string of the molecule is CCCN1CCC(=Cc2cccc(Oc3ccccc3)c2)C1=O. The number of nitrogens with zero attached hydrogens (tertiary/aromatic N) is 1. The van der Waals surface area contributed by atoms with Crippen molar-refractivity contribution in [3.63, 3.8) is 0 Å². The van der Waals surface area contributed by atoms with Gasteiger partial charge in [0, 0.05) is 18.7 Å². The molecule has 0 bridgehead atoms. The van der Waals surface area contributed by atoms with Crippen LogP contribution < -0.4 is 4.74 Å². The second-order valence-electron chi connectivity index (χ2n) is 5.70. The number of hydrogen-bond acceptors (Lipinski definition) is 2. The molecule has 1 heterocycles. The van der Waals surface area contributed by atoms with Gasteiger partial charge in [0.25, 0.3) is 0 Å². The molecule has 23 heavy (non-hydrogen) atoms. The highest BCUT2D eigenvalue weighted by atomic mass is 16.5. The van der Waals surface area contributed by atoms with Gasteiger partial charge >= 0.3 is 0 Å². The first kappa shape index (κ1) is 15.3. The van der Waals surface area contributed by atoms with E-state index in [2.05, 4.69) is 6.92 Å². The van der Waals surface area contributed by atoms with E-state index >= 15 is 0 Å². The lowest BCUT2D eigenvalue weighted by Crippen LogP contribution is -2.25. The zero-order valence-corrected chi connectivity index (χ0v) is 13.4. The van der Waals surface area contributed by atoms with E-state index in [4.69, 9.17) is 4.74 Å². The molecule has 3 rings (SSSR count). The summed E-state index contributed by atoms with van der Waals surface area (Å²) < 4.78 is 5.85. The fourth-order valence-corrected chi connectivity index (χ4v) is 2.78. The van der Waals surface area contributed by atoms with Crippen molar-refractivity contribution in [3.8, 4) is 11.5 Å². The number of benzene rings is 2. The van der Waals surface area contributed by atoms with Crippen LogP contribution in [-0.4, -0.2) is 23.9 Å². The smallest absolute Gasteiger partial charge is 0.249 e. The first-order valence-electron chi connectivity index (χ1n) is 8.09. The Kier molecular flexibility index (Phi) is 4.77. The minimum Gasteiger partial charge on any atom is -0.457 e. The molecule has 1 aliphatic heterocycles. The molecule has 0 aliphatic carbocycles. The second-order valence-corrected chi connectivity index (χ2v) is 5.70. The van der Waals surface area contributed by atoms with Crippen molar-refractivity contribution < 1.29 is 9.53 Å². The van der Waals surface area contributed by atoms with Crippen LogP contribution in [0.3, 0.4) is 0 Å². The standard InChI is InChI=1S/C20H21NO2/c1-2-12-21-13-11-17(20(21)22)14-16-7-6-10-19(15-16)23-18-8-4-3-5-9-18/h3-10,14-15H,2,11-13H2,1H3. The normalized spacial score (nSPS) is 16.1. The summed E-state index contributed by atoms with van der Waals surface area (Å²) in [5, 5.41) is 0. The van der Waals surface area contributed by atoms with E-state index in [0.29, 0.717) is 0 Å². The Labute approximate surface area is 137 Å². The Balaban J connectivity index is 1.75. The van der Waals surface area contributed by atoms with Crippen molar-refractivity contribution in [1.82, 2.24) is 4.90 Å². The maximum Gasteiger partial charge on any atom is 0.249 e. The number of para-hydroxylation sites is 1. The summed E-state index contributed by atoms with van der Waals surface area (Å²) in [6.45, 7) is 3.77. The van der Waals surface area contributed by atoms with E-state index in [9.17, 15) is 4.79 Å². The maximum atomic E-state index is 12.3. The second kappa shape index (κ2) is 7.14. The summed E-state index contributed by atoms with van der Waals surface area (Å²) in [7, 11) is 0. The number of carbonyl (C=O) groups is 1. The maximum absolute atomic E-state index is 12.3. The predicted molar refractivity (Wildman–Crippen MR) is 92.4 cm³/mol. The van der Waals surface area contributed by atoms with Crippen LogP contribution in [0.1, 0.15) is 25.3 Å². The van der Waals surface area contributed by atoms with Crippen LogP contribution in [-0.2, 0) is 4.79 Å². The highest BCUT2D eigenvalue weighted by Crippen LogP contribution is 2.25. The van der Waals surface area contributed by atoms with Gasteiger partial charge < -0.3 is 9.64 Å². The molecule has 1 saturated heterocycles. The average molecular weight is 307 g/mol. The van der Waals surface area contributed by atoms with Gasteiger partial charge in [-0.1, -0.05) is 37.3 Å². The predicted octanol–water partition coefficient (Wildman–Crippen LogP) is 4.50. The number of likely N-dealkylation sites (tertiary alicyclic amines) is 1. The summed E-state index contributed by atoms with van der Waals surface area (Å²) in [5.41, 5.74) is 1.88. The van der Waals surface area contributed by atoms with Crippen molar-refractivity contribution in [2.75, 3.05) is 13.1 Å². The lowest BCUT2D eigenvalue weighted by molar-refractivity contribution is -0.124. The van der Waals surface area contributed by atoms with Crippen LogP contribution >= 0.6 is 0 Å². The zero-order valence-electron chi connectivity index (χ0n) is 13.4. The van der Waals surface area contributed by atoms with Crippen molar-refractivity contribution in [2.45, 2.75) is 19.8 Å². The Morgan fingerprint density at radius 2 is 1.87 bits per heavy atom. The molecule has 1 fully saturated rings. The highest BCUT2D eigenvalue weighted by Gasteiger charge is 2.24. The summed E-state index contributed by atoms with van der Waals surface area (Å²) >= 11 is 0. The lowest BCUT2D eigenvalue weighted by atomic mass is 10.1. The molecule has 0 aromatic heterocycles. The zero-order chi connectivity index (χ0) is 16.1. The van der Waals surface area contributed by atoms with E-state index in [1.54, 1.807) is 0 Å². The highest BCUT2D eigenvalue weighted by molar-refractivity contribution is 5.99. The average Bonchev–Trinajstić information content (AvgIpc) is 2.90. The van der Waals surface area contributed by atoms with Gasteiger partial charge in [0.05, 0.1) is 0 Å². The minimum absolute atomic E-state index is 0.168. The van der Waals surface area contributed by atoms with E-state index < -0.39 is 0 Å². The molecule has 0 N–H and O–H groups in total. The first-order chi connectivity index (χ1) is 11.3. The van der Waals surface area contributed by atoms with Crippen LogP contribution in [0.5, 0.6) is 11.5 Å². The third kappa shape index (κ3) is 3.81. The molecule has 0 radical (unpaired) electrons. The van der Waals surface area contributed by atoms with Gasteiger partial charge in [-0.05, 0) is 48.7 Å². The van der Waals surface area contributed by atoms with Crippen molar-refractivity contribution >= 4 is 12.0 Å². The molecular formula is C20H21NO2. The largest absolute Gasteiger partial charge is 0.457 e. The quantitative estimate of drug-likeness (QED) is 0.761. The van der Waals surface area contributed by atoms with E-state index in [-0.39, 0.29) is 5.91 Å². The topological polar surface area (TPSA) is 29.5 Å². The fourth-order valence-electron chi connectivity index (χ4n) is 2.78. The van der Waals surface area contributed by atoms with Gasteiger partial charge in [0.1, 0.15) is 11.5 Å². The summed E-state index contributed by atoms with van der Waals surface area (Å²) in [4.78, 5) is 14.2. The van der Waals surface area contributed by atoms with E-state index in [1.165, 1.54) is 0 Å². The van der Waals surface area contributed by atoms with Gasteiger partial charge in [0.15, 0.2) is 0 Å². The molecule has 3 nitrogen and oxygen atoms in total. The third-order valence-corrected chi connectivity index (χ3v) is 3.88. The Morgan fingerprint density at radius 3 is 2.65 bits per heavy atom. The van der Waals surface area contributed by atoms with Crippen molar-refractivity contribution in [2.24, 2.45) is 0 Å². The number of rotatable bonds is 5. The molecule has 0 unspecified atom stereocenters. The van der Waals surface area contributed by atoms with Crippen LogP contribution in [0.4, 0.5) is 0 Å². The molecular weight excluding hydrogens is 286 g/mol. The van der Waals surface area contributed by atoms with Gasteiger partial charge in [-0.2, -0.15) is 0 Å². The van der Waals surface area contributed by atoms with Gasteiger partial charge in [-0.3, -0.25) is 4.79 Å². The third-order valence-electron chi connectivity index (χ3n) is 3.88. The Hall–Kier alpha value is -2.55. The number of ether oxygens (including phenoxy) is 1. The molecule has 0 atom stereocenters. The molecule has 0 spiro atoms. The minimum atomic E-state index is 0.168. The molecule has 1 aliphatic rings. The monoisotopic (exact) mass is 307 g/mol. The van der Waals surface area contributed by atoms with Gasteiger partial charge in [0.2, 0.25) is 5.91 Å². The van der Waals surface area contributed by atoms with Gasteiger partial charge in [-0.15, -0.1) is 0 Å². The van der Waals surface area contributed by atoms with Gasteiger partial charge in [-0.25, -0.2) is 0 Å². The van der Waals surface area contributed by atoms with Crippen LogP contribution in [0.25, 0.3) is 6.08 Å². The molecule has 2 aromatic rings. The Bertz CT molecular complexity index is 707. The number of carbonyl (C=O) groups excluding carboxylic acids is 1. The Morgan fingerprint density at radius 1 is 1.09 bits per heavy atom. The summed E-state index contributed by atoms with van der Waals surface area (Å²) in [6, 6.07) is 17.5. The summed E-state index contributed by atoms with van der Waals surface area (Å²) in [5.74, 6) is 1.76. The van der Waals surface area contributed by atoms with Crippen LogP contribution in [0, 0.1) is 0 Å². The van der Waals surface area contributed by atoms with Crippen LogP contribution in [0.15, 0.2) is 60.2 Å². The number of amides is 1. The van der Waals surface area contributed by atoms with E-state index in [0.717, 1.165) is 48.6 Å². The molecule has 1 amide bonds.